The second-order valence-corrected chi connectivity index (χ2v) is 5.46. The van der Waals surface area contributed by atoms with Gasteiger partial charge in [0.1, 0.15) is 6.61 Å². The number of hydrogen-bond donors (Lipinski definition) is 0. The lowest BCUT2D eigenvalue weighted by Gasteiger charge is -2.29. The Morgan fingerprint density at radius 1 is 1.13 bits per heavy atom. The van der Waals surface area contributed by atoms with Crippen LogP contribution in [-0.2, 0) is 11.3 Å². The first-order chi connectivity index (χ1) is 11.1. The van der Waals surface area contributed by atoms with E-state index < -0.39 is 6.09 Å². The number of amides is 1. The van der Waals surface area contributed by atoms with Crippen LogP contribution in [0, 0.1) is 0 Å². The zero-order valence-corrected chi connectivity index (χ0v) is 13.9. The molecule has 0 aliphatic rings. The van der Waals surface area contributed by atoms with Crippen molar-refractivity contribution in [2.45, 2.75) is 19.6 Å². The first-order valence-corrected chi connectivity index (χ1v) is 7.95. The topological polar surface area (TPSA) is 29.5 Å². The molecular weight excluding hydrogens is 310 g/mol. The summed E-state index contributed by atoms with van der Waals surface area (Å²) in [6, 6.07) is 19.1. The summed E-state index contributed by atoms with van der Waals surface area (Å²) in [6.45, 7) is 6.03. The Balaban J connectivity index is 2.11. The van der Waals surface area contributed by atoms with Crippen LogP contribution in [0.3, 0.4) is 0 Å². The molecule has 0 radical (unpaired) electrons. The summed E-state index contributed by atoms with van der Waals surface area (Å²) in [5, 5.41) is 0. The van der Waals surface area contributed by atoms with Crippen molar-refractivity contribution in [1.29, 1.82) is 0 Å². The Hall–Kier alpha value is -2.26. The molecule has 0 spiro atoms. The molecule has 23 heavy (non-hydrogen) atoms. The highest BCUT2D eigenvalue weighted by molar-refractivity contribution is 6.19. The van der Waals surface area contributed by atoms with Gasteiger partial charge in [0.15, 0.2) is 0 Å². The predicted molar refractivity (Wildman–Crippen MR) is 93.2 cm³/mol. The van der Waals surface area contributed by atoms with Crippen LogP contribution in [0.4, 0.5) is 4.79 Å². The highest BCUT2D eigenvalue weighted by Gasteiger charge is 2.25. The lowest BCUT2D eigenvalue weighted by Crippen LogP contribution is -2.33. The van der Waals surface area contributed by atoms with Gasteiger partial charge in [-0.3, -0.25) is 4.90 Å². The van der Waals surface area contributed by atoms with E-state index in [0.29, 0.717) is 5.70 Å². The van der Waals surface area contributed by atoms with Crippen molar-refractivity contribution in [1.82, 2.24) is 4.90 Å². The Morgan fingerprint density at radius 3 is 2.26 bits per heavy atom. The van der Waals surface area contributed by atoms with Gasteiger partial charge in [-0.2, -0.15) is 0 Å². The Labute approximate surface area is 142 Å². The van der Waals surface area contributed by atoms with Gasteiger partial charge in [-0.25, -0.2) is 4.79 Å². The maximum Gasteiger partial charge on any atom is 0.414 e. The van der Waals surface area contributed by atoms with Crippen molar-refractivity contribution in [3.63, 3.8) is 0 Å². The molecular formula is C19H20ClNO2. The summed E-state index contributed by atoms with van der Waals surface area (Å²) in [6.07, 6.45) is -0.448. The zero-order valence-electron chi connectivity index (χ0n) is 13.1. The largest absolute Gasteiger partial charge is 0.444 e. The van der Waals surface area contributed by atoms with Crippen LogP contribution < -0.4 is 0 Å². The number of carbonyl (C=O) groups excluding carboxylic acids is 1. The average molecular weight is 330 g/mol. The van der Waals surface area contributed by atoms with Crippen molar-refractivity contribution in [3.8, 4) is 0 Å². The fraction of sp³-hybridized carbons (Fsp3) is 0.211. The molecule has 0 unspecified atom stereocenters. The van der Waals surface area contributed by atoms with Crippen LogP contribution in [-0.4, -0.2) is 16.9 Å². The van der Waals surface area contributed by atoms with Crippen molar-refractivity contribution in [3.05, 3.63) is 84.1 Å². The number of hydrogen-bond acceptors (Lipinski definition) is 2. The maximum absolute atomic E-state index is 12.5. The lowest BCUT2D eigenvalue weighted by molar-refractivity contribution is 0.0966. The SMILES string of the molecule is C=C(CCl)N(C(=O)OCc1ccccc1)[C@@H](C)c1ccccc1. The smallest absolute Gasteiger partial charge is 0.414 e. The quantitative estimate of drug-likeness (QED) is 0.687. The Morgan fingerprint density at radius 2 is 1.70 bits per heavy atom. The van der Waals surface area contributed by atoms with Gasteiger partial charge in [-0.1, -0.05) is 67.2 Å². The number of rotatable bonds is 6. The summed E-state index contributed by atoms with van der Waals surface area (Å²) in [5.74, 6) is 0.164. The van der Waals surface area contributed by atoms with Crippen LogP contribution in [0.5, 0.6) is 0 Å². The van der Waals surface area contributed by atoms with Crippen molar-refractivity contribution in [2.24, 2.45) is 0 Å². The van der Waals surface area contributed by atoms with E-state index in [2.05, 4.69) is 6.58 Å². The van der Waals surface area contributed by atoms with Gasteiger partial charge >= 0.3 is 6.09 Å². The molecule has 0 bridgehead atoms. The van der Waals surface area contributed by atoms with E-state index in [4.69, 9.17) is 16.3 Å². The third kappa shape index (κ3) is 4.60. The third-order valence-corrected chi connectivity index (χ3v) is 3.87. The molecule has 2 aromatic carbocycles. The van der Waals surface area contributed by atoms with E-state index in [1.54, 1.807) is 0 Å². The van der Waals surface area contributed by atoms with E-state index in [1.165, 1.54) is 4.90 Å². The molecule has 1 amide bonds. The van der Waals surface area contributed by atoms with E-state index in [9.17, 15) is 4.79 Å². The average Bonchev–Trinajstić information content (AvgIpc) is 2.61. The third-order valence-electron chi connectivity index (χ3n) is 3.57. The van der Waals surface area contributed by atoms with Crippen LogP contribution in [0.15, 0.2) is 72.9 Å². The fourth-order valence-corrected chi connectivity index (χ4v) is 2.42. The second kappa shape index (κ2) is 8.39. The first kappa shape index (κ1) is 17.1. The van der Waals surface area contributed by atoms with Crippen molar-refractivity contribution >= 4 is 17.7 Å². The van der Waals surface area contributed by atoms with Crippen LogP contribution in [0.1, 0.15) is 24.1 Å². The van der Waals surface area contributed by atoms with Crippen LogP contribution in [0.2, 0.25) is 0 Å². The number of ether oxygens (including phenoxy) is 1. The van der Waals surface area contributed by atoms with Crippen molar-refractivity contribution < 1.29 is 9.53 Å². The molecule has 0 heterocycles. The standard InChI is InChI=1S/C19H20ClNO2/c1-15(13-20)21(16(2)18-11-7-4-8-12-18)19(22)23-14-17-9-5-3-6-10-17/h3-12,16H,1,13-14H2,2H3/t16-/m0/s1. The highest BCUT2D eigenvalue weighted by atomic mass is 35.5. The van der Waals surface area contributed by atoms with Crippen molar-refractivity contribution in [2.75, 3.05) is 5.88 Å². The Kier molecular flexibility index (Phi) is 6.24. The van der Waals surface area contributed by atoms with Gasteiger partial charge in [-0.15, -0.1) is 11.6 Å². The highest BCUT2D eigenvalue weighted by Crippen LogP contribution is 2.25. The molecule has 0 fully saturated rings. The number of halogens is 1. The van der Waals surface area contributed by atoms with Gasteiger partial charge in [0, 0.05) is 5.70 Å². The van der Waals surface area contributed by atoms with Gasteiger partial charge in [0.2, 0.25) is 0 Å². The van der Waals surface area contributed by atoms with E-state index >= 15 is 0 Å². The normalized spacial score (nSPS) is 11.6. The summed E-state index contributed by atoms with van der Waals surface area (Å²) >= 11 is 5.89. The number of allylic oxidation sites excluding steroid dienone is 1. The first-order valence-electron chi connectivity index (χ1n) is 7.42. The van der Waals surface area contributed by atoms with Gasteiger partial charge in [-0.05, 0) is 18.1 Å². The van der Waals surface area contributed by atoms with Crippen LogP contribution in [0.25, 0.3) is 0 Å². The lowest BCUT2D eigenvalue weighted by atomic mass is 10.1. The molecule has 0 saturated heterocycles. The number of nitrogens with zero attached hydrogens (tertiary/aromatic N) is 1. The minimum absolute atomic E-state index is 0.164. The maximum atomic E-state index is 12.5. The Bertz CT molecular complexity index is 643. The molecule has 0 N–H and O–H groups in total. The van der Waals surface area contributed by atoms with Crippen LogP contribution >= 0.6 is 11.6 Å². The van der Waals surface area contributed by atoms with E-state index in [1.807, 2.05) is 67.6 Å². The molecule has 2 aromatic rings. The summed E-state index contributed by atoms with van der Waals surface area (Å²) in [4.78, 5) is 14.0. The molecule has 0 aliphatic heterocycles. The summed E-state index contributed by atoms with van der Waals surface area (Å²) in [7, 11) is 0. The molecule has 2 rings (SSSR count). The number of alkyl halides is 1. The summed E-state index contributed by atoms with van der Waals surface area (Å²) in [5.41, 5.74) is 2.45. The molecule has 0 aromatic heterocycles. The zero-order chi connectivity index (χ0) is 16.7. The van der Waals surface area contributed by atoms with Gasteiger partial charge in [0.25, 0.3) is 0 Å². The van der Waals surface area contributed by atoms with E-state index in [0.717, 1.165) is 11.1 Å². The fourth-order valence-electron chi connectivity index (χ4n) is 2.29. The second-order valence-electron chi connectivity index (χ2n) is 5.20. The van der Waals surface area contributed by atoms with Gasteiger partial charge < -0.3 is 4.74 Å². The molecule has 1 atom stereocenters. The summed E-state index contributed by atoms with van der Waals surface area (Å²) < 4.78 is 5.42. The molecule has 120 valence electrons. The number of carbonyl (C=O) groups is 1. The number of benzene rings is 2. The van der Waals surface area contributed by atoms with Gasteiger partial charge in [0.05, 0.1) is 11.9 Å². The predicted octanol–water partition coefficient (Wildman–Crippen LogP) is 5.14. The van der Waals surface area contributed by atoms with E-state index in [-0.39, 0.29) is 18.5 Å². The minimum atomic E-state index is -0.448. The molecule has 3 nitrogen and oxygen atoms in total. The molecule has 0 aliphatic carbocycles. The monoisotopic (exact) mass is 329 g/mol. The molecule has 4 heteroatoms. The minimum Gasteiger partial charge on any atom is -0.444 e. The molecule has 0 saturated carbocycles.